The van der Waals surface area contributed by atoms with Crippen LogP contribution in [0.5, 0.6) is 5.75 Å². The van der Waals surface area contributed by atoms with Crippen LogP contribution in [-0.2, 0) is 6.54 Å². The van der Waals surface area contributed by atoms with Gasteiger partial charge in [0.2, 0.25) is 0 Å². The Balaban J connectivity index is 1.59. The molecule has 1 heterocycles. The maximum atomic E-state index is 12.9. The summed E-state index contributed by atoms with van der Waals surface area (Å²) in [7, 11) is 3.45. The summed E-state index contributed by atoms with van der Waals surface area (Å²) in [6.07, 6.45) is 0. The van der Waals surface area contributed by atoms with Crippen molar-refractivity contribution in [1.29, 1.82) is 0 Å². The van der Waals surface area contributed by atoms with Gasteiger partial charge in [0.15, 0.2) is 0 Å². The number of para-hydroxylation sites is 1. The molecule has 4 aromatic rings. The van der Waals surface area contributed by atoms with Gasteiger partial charge in [0.05, 0.1) is 18.1 Å². The maximum Gasteiger partial charge on any atom is 0.253 e. The third kappa shape index (κ3) is 3.72. The van der Waals surface area contributed by atoms with Crippen molar-refractivity contribution in [3.05, 3.63) is 89.7 Å². The van der Waals surface area contributed by atoms with E-state index in [9.17, 15) is 4.79 Å². The first-order chi connectivity index (χ1) is 14.1. The molecule has 0 atom stereocenters. The average Bonchev–Trinajstić information content (AvgIpc) is 3.09. The number of methoxy groups -OCH3 is 1. The minimum absolute atomic E-state index is 0.0327. The fourth-order valence-electron chi connectivity index (χ4n) is 3.53. The zero-order valence-electron chi connectivity index (χ0n) is 16.8. The number of fused-ring (bicyclic) bond motifs is 1. The van der Waals surface area contributed by atoms with Gasteiger partial charge in [0.1, 0.15) is 11.6 Å². The standard InChI is InChI=1S/C24H23N3O2/c1-17-25-22-15-19(11-14-23(22)27(17)20-7-5-4-6-8-20)24(28)26(2)16-18-9-12-21(29-3)13-10-18/h4-15H,16H2,1-3H3. The Hall–Kier alpha value is -3.60. The van der Waals surface area contributed by atoms with Crippen LogP contribution in [0.4, 0.5) is 0 Å². The summed E-state index contributed by atoms with van der Waals surface area (Å²) in [5, 5.41) is 0. The number of carbonyl (C=O) groups is 1. The molecular weight excluding hydrogens is 362 g/mol. The number of rotatable bonds is 5. The summed E-state index contributed by atoms with van der Waals surface area (Å²) in [4.78, 5) is 19.3. The van der Waals surface area contributed by atoms with Crippen molar-refractivity contribution in [1.82, 2.24) is 14.5 Å². The van der Waals surface area contributed by atoms with E-state index in [0.29, 0.717) is 12.1 Å². The van der Waals surface area contributed by atoms with Crippen molar-refractivity contribution in [2.75, 3.05) is 14.2 Å². The highest BCUT2D eigenvalue weighted by atomic mass is 16.5. The molecule has 146 valence electrons. The number of ether oxygens (including phenoxy) is 1. The van der Waals surface area contributed by atoms with Gasteiger partial charge in [-0.15, -0.1) is 0 Å². The van der Waals surface area contributed by atoms with Crippen LogP contribution < -0.4 is 4.74 Å². The van der Waals surface area contributed by atoms with Crippen LogP contribution in [0.3, 0.4) is 0 Å². The molecule has 0 bridgehead atoms. The molecule has 3 aromatic carbocycles. The molecule has 1 amide bonds. The summed E-state index contributed by atoms with van der Waals surface area (Å²) in [6.45, 7) is 2.50. The van der Waals surface area contributed by atoms with Crippen LogP contribution in [0.25, 0.3) is 16.7 Å². The first-order valence-electron chi connectivity index (χ1n) is 9.50. The lowest BCUT2D eigenvalue weighted by atomic mass is 10.1. The van der Waals surface area contributed by atoms with Crippen LogP contribution in [0, 0.1) is 6.92 Å². The van der Waals surface area contributed by atoms with Gasteiger partial charge in [0, 0.05) is 24.8 Å². The predicted octanol–water partition coefficient (Wildman–Crippen LogP) is 4.61. The molecule has 0 radical (unpaired) electrons. The molecule has 0 N–H and O–H groups in total. The monoisotopic (exact) mass is 385 g/mol. The summed E-state index contributed by atoms with van der Waals surface area (Å²) in [5.41, 5.74) is 4.54. The largest absolute Gasteiger partial charge is 0.497 e. The van der Waals surface area contributed by atoms with Crippen LogP contribution in [-0.4, -0.2) is 34.5 Å². The third-order valence-corrected chi connectivity index (χ3v) is 5.01. The van der Waals surface area contributed by atoms with E-state index in [4.69, 9.17) is 4.74 Å². The van der Waals surface area contributed by atoms with Gasteiger partial charge in [-0.3, -0.25) is 9.36 Å². The molecule has 0 fully saturated rings. The number of benzene rings is 3. The number of carbonyl (C=O) groups excluding carboxylic acids is 1. The molecular formula is C24H23N3O2. The van der Waals surface area contributed by atoms with Crippen LogP contribution >= 0.6 is 0 Å². The smallest absolute Gasteiger partial charge is 0.253 e. The topological polar surface area (TPSA) is 47.4 Å². The minimum atomic E-state index is -0.0327. The van der Waals surface area contributed by atoms with E-state index in [2.05, 4.69) is 21.7 Å². The average molecular weight is 385 g/mol. The van der Waals surface area contributed by atoms with Crippen molar-refractivity contribution < 1.29 is 9.53 Å². The van der Waals surface area contributed by atoms with Crippen LogP contribution in [0.1, 0.15) is 21.7 Å². The molecule has 29 heavy (non-hydrogen) atoms. The summed E-state index contributed by atoms with van der Waals surface area (Å²) in [5.74, 6) is 1.66. The van der Waals surface area contributed by atoms with Crippen molar-refractivity contribution in [3.8, 4) is 11.4 Å². The molecule has 0 saturated carbocycles. The second-order valence-electron chi connectivity index (χ2n) is 7.04. The quantitative estimate of drug-likeness (QED) is 0.504. The van der Waals surface area contributed by atoms with Crippen molar-refractivity contribution >= 4 is 16.9 Å². The first kappa shape index (κ1) is 18.7. The zero-order chi connectivity index (χ0) is 20.4. The van der Waals surface area contributed by atoms with E-state index in [0.717, 1.165) is 33.9 Å². The second kappa shape index (κ2) is 7.80. The highest BCUT2D eigenvalue weighted by Gasteiger charge is 2.16. The van der Waals surface area contributed by atoms with Crippen molar-refractivity contribution in [2.24, 2.45) is 0 Å². The molecule has 5 nitrogen and oxygen atoms in total. The summed E-state index contributed by atoms with van der Waals surface area (Å²) < 4.78 is 7.29. The lowest BCUT2D eigenvalue weighted by Crippen LogP contribution is -2.26. The summed E-state index contributed by atoms with van der Waals surface area (Å²) >= 11 is 0. The Morgan fingerprint density at radius 3 is 2.45 bits per heavy atom. The van der Waals surface area contributed by atoms with Gasteiger partial charge in [0.25, 0.3) is 5.91 Å². The lowest BCUT2D eigenvalue weighted by molar-refractivity contribution is 0.0785. The number of hydrogen-bond donors (Lipinski definition) is 0. The van der Waals surface area contributed by atoms with E-state index in [1.54, 1.807) is 12.0 Å². The fourth-order valence-corrected chi connectivity index (χ4v) is 3.53. The van der Waals surface area contributed by atoms with Crippen molar-refractivity contribution in [3.63, 3.8) is 0 Å². The number of imidazole rings is 1. The fraction of sp³-hybridized carbons (Fsp3) is 0.167. The van der Waals surface area contributed by atoms with Gasteiger partial charge in [-0.25, -0.2) is 4.98 Å². The van der Waals surface area contributed by atoms with E-state index in [1.165, 1.54) is 0 Å². The van der Waals surface area contributed by atoms with E-state index >= 15 is 0 Å². The maximum absolute atomic E-state index is 12.9. The first-order valence-corrected chi connectivity index (χ1v) is 9.50. The molecule has 5 heteroatoms. The van der Waals surface area contributed by atoms with E-state index in [1.807, 2.05) is 74.6 Å². The molecule has 0 aliphatic carbocycles. The number of aromatic nitrogens is 2. The van der Waals surface area contributed by atoms with Gasteiger partial charge < -0.3 is 9.64 Å². The number of hydrogen-bond acceptors (Lipinski definition) is 3. The van der Waals surface area contributed by atoms with E-state index < -0.39 is 0 Å². The van der Waals surface area contributed by atoms with Gasteiger partial charge in [-0.2, -0.15) is 0 Å². The molecule has 0 spiro atoms. The molecule has 0 saturated heterocycles. The Kier molecular flexibility index (Phi) is 5.04. The normalized spacial score (nSPS) is 10.9. The zero-order valence-corrected chi connectivity index (χ0v) is 16.8. The second-order valence-corrected chi connectivity index (χ2v) is 7.04. The highest BCUT2D eigenvalue weighted by molar-refractivity contribution is 5.97. The SMILES string of the molecule is COc1ccc(CN(C)C(=O)c2ccc3c(c2)nc(C)n3-c2ccccc2)cc1. The molecule has 4 rings (SSSR count). The van der Waals surface area contributed by atoms with E-state index in [-0.39, 0.29) is 5.91 Å². The number of aryl methyl sites for hydroxylation is 1. The number of nitrogens with zero attached hydrogens (tertiary/aromatic N) is 3. The Labute approximate surface area is 170 Å². The van der Waals surface area contributed by atoms with Crippen LogP contribution in [0.2, 0.25) is 0 Å². The molecule has 1 aromatic heterocycles. The van der Waals surface area contributed by atoms with Gasteiger partial charge >= 0.3 is 0 Å². The molecule has 0 aliphatic rings. The lowest BCUT2D eigenvalue weighted by Gasteiger charge is -2.17. The highest BCUT2D eigenvalue weighted by Crippen LogP contribution is 2.23. The molecule has 0 unspecified atom stereocenters. The Bertz CT molecular complexity index is 1150. The van der Waals surface area contributed by atoms with Gasteiger partial charge in [-0.1, -0.05) is 30.3 Å². The van der Waals surface area contributed by atoms with Gasteiger partial charge in [-0.05, 0) is 55.0 Å². The minimum Gasteiger partial charge on any atom is -0.497 e. The third-order valence-electron chi connectivity index (χ3n) is 5.01. The predicted molar refractivity (Wildman–Crippen MR) is 115 cm³/mol. The molecule has 0 aliphatic heterocycles. The Morgan fingerprint density at radius 2 is 1.76 bits per heavy atom. The van der Waals surface area contributed by atoms with Crippen LogP contribution in [0.15, 0.2) is 72.8 Å². The number of amides is 1. The van der Waals surface area contributed by atoms with Crippen molar-refractivity contribution in [2.45, 2.75) is 13.5 Å². The summed E-state index contributed by atoms with van der Waals surface area (Å²) in [6, 6.07) is 23.6. The Morgan fingerprint density at radius 1 is 1.03 bits per heavy atom.